The second-order valence-electron chi connectivity index (χ2n) is 2.17. The minimum absolute atomic E-state index is 0. The van der Waals surface area contributed by atoms with E-state index in [1.54, 1.807) is 0 Å². The van der Waals surface area contributed by atoms with Crippen molar-refractivity contribution in [2.45, 2.75) is 13.0 Å². The van der Waals surface area contributed by atoms with E-state index in [2.05, 4.69) is 9.47 Å². The Morgan fingerprint density at radius 1 is 1.24 bits per heavy atom. The molecular weight excluding hydrogens is 262 g/mol. The number of carboxylic acid groups (broad SMARTS) is 2. The number of hydrogen-bond acceptors (Lipinski definition) is 8. The molecule has 0 amide bonds. The zero-order valence-corrected chi connectivity index (χ0v) is 8.62. The van der Waals surface area contributed by atoms with Crippen LogP contribution in [0.3, 0.4) is 0 Å². The van der Waals surface area contributed by atoms with E-state index in [0.717, 1.165) is 0 Å². The van der Waals surface area contributed by atoms with Gasteiger partial charge in [-0.1, -0.05) is 0 Å². The van der Waals surface area contributed by atoms with Gasteiger partial charge in [0.2, 0.25) is 0 Å². The molecule has 0 saturated heterocycles. The first-order valence-corrected chi connectivity index (χ1v) is 4.67. The van der Waals surface area contributed by atoms with Crippen LogP contribution in [0, 0.1) is 10.2 Å². The summed E-state index contributed by atoms with van der Waals surface area (Å²) in [6, 6.07) is 0. The second-order valence-corrected chi connectivity index (χ2v) is 2.96. The summed E-state index contributed by atoms with van der Waals surface area (Å²) in [4.78, 5) is 19.6. The van der Waals surface area contributed by atoms with Crippen molar-refractivity contribution in [3.63, 3.8) is 0 Å². The van der Waals surface area contributed by atoms with Gasteiger partial charge < -0.3 is 19.7 Å². The minimum atomic E-state index is -4.69. The molecule has 0 aromatic carbocycles. The summed E-state index contributed by atoms with van der Waals surface area (Å²) >= 11 is 0. The van der Waals surface area contributed by atoms with Gasteiger partial charge in [-0.25, -0.2) is 9.59 Å². The van der Waals surface area contributed by atoms with Crippen LogP contribution in [0.15, 0.2) is 0 Å². The van der Waals surface area contributed by atoms with Gasteiger partial charge in [0.05, 0.1) is 14.9 Å². The molecule has 0 saturated carbocycles. The molecule has 0 heterocycles. The van der Waals surface area contributed by atoms with Gasteiger partial charge in [0.25, 0.3) is 0 Å². The van der Waals surface area contributed by atoms with Crippen molar-refractivity contribution in [3.05, 3.63) is 0 Å². The third kappa shape index (κ3) is 39.3. The van der Waals surface area contributed by atoms with Gasteiger partial charge in [0, 0.05) is 0 Å². The maximum Gasteiger partial charge on any atom is 0.0777 e. The summed E-state index contributed by atoms with van der Waals surface area (Å²) in [5.41, 5.74) is 0. The molecule has 98 valence electrons. The second kappa shape index (κ2) is 10.4. The topological polar surface area (TPSA) is 182 Å². The van der Waals surface area contributed by atoms with Crippen molar-refractivity contribution in [3.8, 4) is 0 Å². The molecule has 0 rings (SSSR count). The van der Waals surface area contributed by atoms with E-state index < -0.39 is 28.7 Å². The van der Waals surface area contributed by atoms with Crippen LogP contribution >= 0.6 is 0 Å². The predicted molar refractivity (Wildman–Crippen MR) is 41.9 cm³/mol. The zero-order valence-electron chi connectivity index (χ0n) is 7.86. The molecule has 17 heavy (non-hydrogen) atoms. The fourth-order valence-electron chi connectivity index (χ4n) is 0.395. The van der Waals surface area contributed by atoms with Crippen LogP contribution in [0.25, 0.3) is 0 Å². The monoisotopic (exact) mass is 272 g/mol. The molecule has 0 bridgehead atoms. The fraction of sp³-hybridized carbons (Fsp3) is 0.600. The van der Waals surface area contributed by atoms with Gasteiger partial charge in [-0.05, 0) is 6.92 Å². The molecule has 0 aliphatic rings. The van der Waals surface area contributed by atoms with E-state index in [-0.39, 0.29) is 25.5 Å². The van der Waals surface area contributed by atoms with Crippen molar-refractivity contribution >= 4 is 31.2 Å². The normalized spacial score (nSPS) is 11.1. The molecule has 10 nitrogen and oxygen atoms in total. The first kappa shape index (κ1) is 21.5. The molecule has 0 aromatic rings. The van der Waals surface area contributed by atoms with Crippen LogP contribution in [0.5, 0.6) is 0 Å². The number of hydrogen-bond donors (Lipinski definition) is 3. The van der Waals surface area contributed by atoms with E-state index in [0.29, 0.717) is 0 Å². The third-order valence-electron chi connectivity index (χ3n) is 0.744. The Bertz CT molecular complexity index is 221. The summed E-state index contributed by atoms with van der Waals surface area (Å²) in [7, 11) is -4.69. The molecule has 12 heteroatoms. The smallest absolute Gasteiger partial charge is 0.0777 e. The first-order chi connectivity index (χ1) is 7.02. The zero-order chi connectivity index (χ0) is 13.4. The molecule has 0 fully saturated rings. The Labute approximate surface area is 109 Å². The van der Waals surface area contributed by atoms with Crippen molar-refractivity contribution in [1.82, 2.24) is 0 Å². The maximum atomic E-state index is 9.83. The first-order valence-electron chi connectivity index (χ1n) is 3.41. The third-order valence-corrected chi connectivity index (χ3v) is 0.744. The van der Waals surface area contributed by atoms with Crippen molar-refractivity contribution in [2.75, 3.05) is 6.61 Å². The van der Waals surface area contributed by atoms with Crippen molar-refractivity contribution in [1.29, 1.82) is 0 Å². The Kier molecular flexibility index (Phi) is 13.2. The molecule has 0 aromatic heterocycles. The van der Waals surface area contributed by atoms with Gasteiger partial charge in [-0.3, -0.25) is 0 Å². The average molecular weight is 273 g/mol. The Hall–Kier alpha value is -0.733. The summed E-state index contributed by atoms with van der Waals surface area (Å²) < 4.78 is 40.9. The molecule has 0 aliphatic heterocycles. The molecule has 1 atom stereocenters. The number of ether oxygens (including phenoxy) is 2. The molecular formula is C5H10ClLiO10. The Morgan fingerprint density at radius 3 is 1.82 bits per heavy atom. The van der Waals surface area contributed by atoms with Crippen LogP contribution in [0.4, 0.5) is 9.59 Å². The number of halogens is 1. The Balaban J connectivity index is -0.000000280. The average Bonchev–Trinajstić information content (AvgIpc) is 1.96. The molecule has 3 N–H and O–H groups in total. The van der Waals surface area contributed by atoms with Gasteiger partial charge >= 0.3 is 31.2 Å². The molecule has 0 radical (unpaired) electrons. The van der Waals surface area contributed by atoms with Crippen molar-refractivity contribution < 1.29 is 58.2 Å². The fourth-order valence-corrected chi connectivity index (χ4v) is 0.395. The Morgan fingerprint density at radius 2 is 1.59 bits per heavy atom. The summed E-state index contributed by atoms with van der Waals surface area (Å²) in [6.07, 6.45) is -3.68. The number of carbonyl (C=O) groups is 2. The summed E-state index contributed by atoms with van der Waals surface area (Å²) in [5.74, 6) is 0. The standard InChI is InChI=1S/C5H8O6.ClHO4.Li.H/c1-3(11-5(8)9)2-10-4(6)7;2-1(3,4)5;;/h3H,2H2,1H3,(H,6,7)(H,8,9);(H,2,3,4,5);;. The largest absolute Gasteiger partial charge is 0.183 e. The predicted octanol–water partition coefficient (Wildman–Crippen LogP) is -4.01. The molecule has 0 aliphatic carbocycles. The van der Waals surface area contributed by atoms with Crippen LogP contribution in [-0.4, -0.2) is 58.8 Å². The van der Waals surface area contributed by atoms with Gasteiger partial charge in [0.1, 0.15) is 12.7 Å². The van der Waals surface area contributed by atoms with Crippen LogP contribution < -0.4 is 14.0 Å². The number of rotatable bonds is 3. The summed E-state index contributed by atoms with van der Waals surface area (Å²) in [6.45, 7) is 1.10. The molecule has 1 unspecified atom stereocenters. The van der Waals surface area contributed by atoms with E-state index in [1.165, 1.54) is 6.92 Å². The quantitative estimate of drug-likeness (QED) is 0.338. The van der Waals surface area contributed by atoms with Crippen LogP contribution in [0.2, 0.25) is 0 Å². The van der Waals surface area contributed by atoms with E-state index >= 15 is 0 Å². The SMILES string of the molecule is CC(COC(=O)O)OC(=O)O.[LiH].[O-][Cl+3]([O-])([O-])O. The maximum absolute atomic E-state index is 9.83. The van der Waals surface area contributed by atoms with Gasteiger partial charge in [-0.2, -0.15) is 14.0 Å². The summed E-state index contributed by atoms with van der Waals surface area (Å²) in [5, 5.41) is 16.0. The molecule has 0 spiro atoms. The van der Waals surface area contributed by atoms with Crippen LogP contribution in [-0.2, 0) is 9.47 Å². The van der Waals surface area contributed by atoms with E-state index in [9.17, 15) is 9.59 Å². The van der Waals surface area contributed by atoms with Gasteiger partial charge in [-0.15, -0.1) is 0 Å². The minimum Gasteiger partial charge on any atom is -0.183 e. The van der Waals surface area contributed by atoms with E-state index in [1.807, 2.05) is 0 Å². The van der Waals surface area contributed by atoms with Gasteiger partial charge in [0.15, 0.2) is 0 Å². The van der Waals surface area contributed by atoms with Crippen LogP contribution in [0.1, 0.15) is 6.92 Å². The van der Waals surface area contributed by atoms with Crippen molar-refractivity contribution in [2.24, 2.45) is 0 Å². The van der Waals surface area contributed by atoms with E-state index in [4.69, 9.17) is 28.8 Å².